The molecule has 0 unspecified atom stereocenters. The van der Waals surface area contributed by atoms with Gasteiger partial charge in [-0.05, 0) is 30.7 Å². The predicted octanol–water partition coefficient (Wildman–Crippen LogP) is 3.58. The Morgan fingerprint density at radius 2 is 1.97 bits per heavy atom. The number of urea groups is 1. The molecule has 0 bridgehead atoms. The standard InChI is InChI=1S/C21H18N6O4S2/c1-12-7-8-16-22-13(9-17(28)27(16)10-12)11-32-21-26-25-20(33-21)24-19(30)23-15-6-4-3-5-14(15)18(29)31-2/h3-10H,11H2,1-2H3,(H2,23,24,25,30). The molecule has 168 valence electrons. The third kappa shape index (κ3) is 5.35. The highest BCUT2D eigenvalue weighted by molar-refractivity contribution is 8.00. The van der Waals surface area contributed by atoms with E-state index in [2.05, 4.69) is 25.8 Å². The molecule has 0 aliphatic heterocycles. The molecule has 0 saturated carbocycles. The molecule has 4 rings (SSSR count). The van der Waals surface area contributed by atoms with E-state index < -0.39 is 12.0 Å². The van der Waals surface area contributed by atoms with Gasteiger partial charge in [0.15, 0.2) is 4.34 Å². The second kappa shape index (κ2) is 9.79. The molecule has 0 radical (unpaired) electrons. The van der Waals surface area contributed by atoms with E-state index in [0.29, 0.717) is 27.1 Å². The second-order valence-corrected chi connectivity index (χ2v) is 9.00. The molecule has 2 N–H and O–H groups in total. The van der Waals surface area contributed by atoms with E-state index in [1.54, 1.807) is 36.5 Å². The molecule has 10 nitrogen and oxygen atoms in total. The normalized spacial score (nSPS) is 10.7. The highest BCUT2D eigenvalue weighted by atomic mass is 32.2. The van der Waals surface area contributed by atoms with Gasteiger partial charge in [0.2, 0.25) is 5.13 Å². The van der Waals surface area contributed by atoms with Gasteiger partial charge in [-0.1, -0.05) is 41.3 Å². The zero-order valence-electron chi connectivity index (χ0n) is 17.6. The van der Waals surface area contributed by atoms with Crippen LogP contribution in [0.5, 0.6) is 0 Å². The Morgan fingerprint density at radius 3 is 2.79 bits per heavy atom. The van der Waals surface area contributed by atoms with Crippen molar-refractivity contribution in [3.8, 4) is 0 Å². The Kier molecular flexibility index (Phi) is 6.66. The summed E-state index contributed by atoms with van der Waals surface area (Å²) in [6.07, 6.45) is 1.75. The van der Waals surface area contributed by atoms with Gasteiger partial charge in [0.25, 0.3) is 5.56 Å². The van der Waals surface area contributed by atoms with Gasteiger partial charge in [0.05, 0.1) is 24.1 Å². The molecule has 33 heavy (non-hydrogen) atoms. The first-order chi connectivity index (χ1) is 15.9. The van der Waals surface area contributed by atoms with Gasteiger partial charge >= 0.3 is 12.0 Å². The number of nitrogens with zero attached hydrogens (tertiary/aromatic N) is 4. The molecule has 0 atom stereocenters. The summed E-state index contributed by atoms with van der Waals surface area (Å²) in [4.78, 5) is 41.0. The second-order valence-electron chi connectivity index (χ2n) is 6.80. The topological polar surface area (TPSA) is 128 Å². The number of hydrogen-bond acceptors (Lipinski definition) is 9. The number of methoxy groups -OCH3 is 1. The van der Waals surface area contributed by atoms with Gasteiger partial charge in [-0.3, -0.25) is 14.5 Å². The number of hydrogen-bond donors (Lipinski definition) is 2. The van der Waals surface area contributed by atoms with Gasteiger partial charge in [-0.15, -0.1) is 10.2 Å². The Labute approximate surface area is 196 Å². The number of aromatic nitrogens is 4. The fourth-order valence-electron chi connectivity index (χ4n) is 2.92. The minimum absolute atomic E-state index is 0.150. The lowest BCUT2D eigenvalue weighted by atomic mass is 10.2. The minimum atomic E-state index is -0.571. The number of esters is 1. The van der Waals surface area contributed by atoms with Crippen LogP contribution in [0.15, 0.2) is 57.8 Å². The average molecular weight is 483 g/mol. The van der Waals surface area contributed by atoms with E-state index in [-0.39, 0.29) is 16.3 Å². The Bertz CT molecular complexity index is 1400. The third-order valence-electron chi connectivity index (χ3n) is 4.41. The van der Waals surface area contributed by atoms with Crippen LogP contribution in [0.3, 0.4) is 0 Å². The molecule has 0 saturated heterocycles. The average Bonchev–Trinajstić information content (AvgIpc) is 3.25. The van der Waals surface area contributed by atoms with Gasteiger partial charge < -0.3 is 10.1 Å². The van der Waals surface area contributed by atoms with Crippen LogP contribution in [0.2, 0.25) is 0 Å². The number of fused-ring (bicyclic) bond motifs is 1. The van der Waals surface area contributed by atoms with Crippen molar-refractivity contribution in [2.24, 2.45) is 0 Å². The molecule has 1 aromatic carbocycles. The smallest absolute Gasteiger partial charge is 0.339 e. The van der Waals surface area contributed by atoms with Gasteiger partial charge in [0, 0.05) is 18.0 Å². The van der Waals surface area contributed by atoms with Gasteiger partial charge in [-0.25, -0.2) is 14.6 Å². The summed E-state index contributed by atoms with van der Waals surface area (Å²) >= 11 is 2.54. The summed E-state index contributed by atoms with van der Waals surface area (Å²) in [5.41, 5.74) is 2.56. The van der Waals surface area contributed by atoms with Crippen molar-refractivity contribution >= 4 is 51.6 Å². The number of nitrogens with one attached hydrogen (secondary N) is 2. The zero-order valence-corrected chi connectivity index (χ0v) is 19.2. The number of thioether (sulfide) groups is 1. The maximum Gasteiger partial charge on any atom is 0.339 e. The number of carbonyl (C=O) groups is 2. The first-order valence-corrected chi connectivity index (χ1v) is 11.4. The lowest BCUT2D eigenvalue weighted by molar-refractivity contribution is 0.0602. The quantitative estimate of drug-likeness (QED) is 0.243. The van der Waals surface area contributed by atoms with E-state index in [4.69, 9.17) is 4.74 Å². The van der Waals surface area contributed by atoms with Crippen LogP contribution in [0.1, 0.15) is 21.6 Å². The zero-order chi connectivity index (χ0) is 23.4. The van der Waals surface area contributed by atoms with Crippen molar-refractivity contribution in [1.82, 2.24) is 19.6 Å². The first-order valence-electron chi connectivity index (χ1n) is 9.63. The predicted molar refractivity (Wildman–Crippen MR) is 126 cm³/mol. The molecule has 12 heteroatoms. The van der Waals surface area contributed by atoms with Gasteiger partial charge in [0.1, 0.15) is 5.65 Å². The van der Waals surface area contributed by atoms with Crippen LogP contribution in [0.4, 0.5) is 15.6 Å². The highest BCUT2D eigenvalue weighted by Gasteiger charge is 2.15. The highest BCUT2D eigenvalue weighted by Crippen LogP contribution is 2.28. The number of para-hydroxylation sites is 1. The summed E-state index contributed by atoms with van der Waals surface area (Å²) < 4.78 is 6.83. The minimum Gasteiger partial charge on any atom is -0.465 e. The van der Waals surface area contributed by atoms with Crippen molar-refractivity contribution in [2.75, 3.05) is 17.7 Å². The van der Waals surface area contributed by atoms with Crippen LogP contribution in [-0.2, 0) is 10.5 Å². The molecule has 0 aliphatic rings. The van der Waals surface area contributed by atoms with E-state index in [9.17, 15) is 14.4 Å². The van der Waals surface area contributed by atoms with E-state index >= 15 is 0 Å². The molecule has 4 aromatic rings. The van der Waals surface area contributed by atoms with E-state index in [1.165, 1.54) is 40.7 Å². The molecule has 3 heterocycles. The fraction of sp³-hybridized carbons (Fsp3) is 0.143. The lowest BCUT2D eigenvalue weighted by Gasteiger charge is -2.09. The van der Waals surface area contributed by atoms with Gasteiger partial charge in [-0.2, -0.15) is 0 Å². The van der Waals surface area contributed by atoms with Crippen molar-refractivity contribution in [3.63, 3.8) is 0 Å². The van der Waals surface area contributed by atoms with Crippen LogP contribution in [0, 0.1) is 6.92 Å². The van der Waals surface area contributed by atoms with Crippen molar-refractivity contribution in [3.05, 3.63) is 75.8 Å². The molecule has 0 aliphatic carbocycles. The number of ether oxygens (including phenoxy) is 1. The van der Waals surface area contributed by atoms with Crippen molar-refractivity contribution < 1.29 is 14.3 Å². The summed E-state index contributed by atoms with van der Waals surface area (Å²) in [5, 5.41) is 13.5. The summed E-state index contributed by atoms with van der Waals surface area (Å²) in [6, 6.07) is 11.1. The third-order valence-corrected chi connectivity index (χ3v) is 6.42. The van der Waals surface area contributed by atoms with Crippen LogP contribution < -0.4 is 16.2 Å². The summed E-state index contributed by atoms with van der Waals surface area (Å²) in [6.45, 7) is 1.91. The molecule has 0 spiro atoms. The maximum atomic E-state index is 12.3. The van der Waals surface area contributed by atoms with Crippen LogP contribution in [0.25, 0.3) is 5.65 Å². The van der Waals surface area contributed by atoms with E-state index in [0.717, 1.165) is 5.56 Å². The van der Waals surface area contributed by atoms with Crippen molar-refractivity contribution in [2.45, 2.75) is 17.0 Å². The number of anilines is 2. The van der Waals surface area contributed by atoms with Crippen LogP contribution >= 0.6 is 23.1 Å². The Balaban J connectivity index is 1.38. The summed E-state index contributed by atoms with van der Waals surface area (Å²) in [5.74, 6) is -0.134. The number of rotatable bonds is 6. The number of benzene rings is 1. The Morgan fingerprint density at radius 1 is 1.15 bits per heavy atom. The number of aryl methyl sites for hydroxylation is 1. The van der Waals surface area contributed by atoms with E-state index in [1.807, 2.05) is 13.0 Å². The largest absolute Gasteiger partial charge is 0.465 e. The van der Waals surface area contributed by atoms with Crippen LogP contribution in [-0.4, -0.2) is 38.7 Å². The van der Waals surface area contributed by atoms with Crippen molar-refractivity contribution in [1.29, 1.82) is 0 Å². The molecule has 3 aromatic heterocycles. The molecular formula is C21H18N6O4S2. The maximum absolute atomic E-state index is 12.3. The lowest BCUT2D eigenvalue weighted by Crippen LogP contribution is -2.21. The molecular weight excluding hydrogens is 464 g/mol. The summed E-state index contributed by atoms with van der Waals surface area (Å²) in [7, 11) is 1.27. The Hall–Kier alpha value is -3.77. The number of pyridine rings is 1. The molecule has 0 fully saturated rings. The molecule has 2 amide bonds. The number of carbonyl (C=O) groups excluding carboxylic acids is 2. The monoisotopic (exact) mass is 482 g/mol. The fourth-order valence-corrected chi connectivity index (χ4v) is 4.56. The number of amides is 2. The first kappa shape index (κ1) is 22.4. The SMILES string of the molecule is COC(=O)c1ccccc1NC(=O)Nc1nnc(SCc2cc(=O)n3cc(C)ccc3n2)s1.